The number of carbonyl (C=O) groups excluding carboxylic acids is 1. The summed E-state index contributed by atoms with van der Waals surface area (Å²) in [6.45, 7) is 1.48. The lowest BCUT2D eigenvalue weighted by Crippen LogP contribution is -2.40. The monoisotopic (exact) mass is 394 g/mol. The number of anilines is 2. The van der Waals surface area contributed by atoms with Gasteiger partial charge in [0, 0.05) is 30.6 Å². The van der Waals surface area contributed by atoms with Crippen LogP contribution in [0, 0.1) is 27.4 Å². The average Bonchev–Trinajstić information content (AvgIpc) is 2.73. The minimum atomic E-state index is -1.28. The van der Waals surface area contributed by atoms with E-state index >= 15 is 0 Å². The predicted molar refractivity (Wildman–Crippen MR) is 104 cm³/mol. The summed E-state index contributed by atoms with van der Waals surface area (Å²) in [6.07, 6.45) is 3.05. The summed E-state index contributed by atoms with van der Waals surface area (Å²) in [7, 11) is 0. The summed E-state index contributed by atoms with van der Waals surface area (Å²) in [5.41, 5.74) is -0.568. The van der Waals surface area contributed by atoms with Crippen molar-refractivity contribution in [2.75, 3.05) is 23.3 Å². The summed E-state index contributed by atoms with van der Waals surface area (Å²) in [5, 5.41) is 23.6. The van der Waals surface area contributed by atoms with Crippen LogP contribution in [-0.4, -0.2) is 33.9 Å². The highest BCUT2D eigenvalue weighted by Crippen LogP contribution is 2.41. The molecule has 1 amide bonds. The molecule has 1 aromatic heterocycles. The number of hydrogen-bond acceptors (Lipinski definition) is 7. The van der Waals surface area contributed by atoms with Crippen molar-refractivity contribution in [1.82, 2.24) is 9.97 Å². The minimum absolute atomic E-state index is 0.0500. The molecule has 2 aromatic rings. The Bertz CT molecular complexity index is 1080. The number of nitro groups is 1. The largest absolute Gasteiger partial charge is 0.342 e. The first-order chi connectivity index (χ1) is 14.0. The maximum atomic E-state index is 13.0. The fourth-order valence-corrected chi connectivity index (χ4v) is 4.01. The smallest absolute Gasteiger partial charge is 0.273 e. The molecule has 1 fully saturated rings. The molecule has 29 heavy (non-hydrogen) atoms. The molecular weight excluding hydrogens is 376 g/mol. The second kappa shape index (κ2) is 7.35. The van der Waals surface area contributed by atoms with Crippen molar-refractivity contribution >= 4 is 23.4 Å². The van der Waals surface area contributed by atoms with Crippen molar-refractivity contribution < 1.29 is 9.72 Å². The third-order valence-corrected chi connectivity index (χ3v) is 5.37. The molecule has 4 rings (SSSR count). The number of nitrogens with one attached hydrogen (secondary N) is 2. The van der Waals surface area contributed by atoms with Crippen LogP contribution in [0.2, 0.25) is 0 Å². The van der Waals surface area contributed by atoms with E-state index in [4.69, 9.17) is 0 Å². The molecule has 1 aromatic carbocycles. The van der Waals surface area contributed by atoms with Gasteiger partial charge >= 0.3 is 0 Å². The van der Waals surface area contributed by atoms with E-state index < -0.39 is 28.2 Å². The highest BCUT2D eigenvalue weighted by molar-refractivity contribution is 5.98. The van der Waals surface area contributed by atoms with Crippen LogP contribution < -0.4 is 15.8 Å². The second-order valence-corrected chi connectivity index (χ2v) is 7.09. The van der Waals surface area contributed by atoms with Crippen LogP contribution in [0.5, 0.6) is 0 Å². The Morgan fingerprint density at radius 3 is 2.62 bits per heavy atom. The molecule has 2 N–H and O–H groups in total. The molecule has 0 saturated carbocycles. The van der Waals surface area contributed by atoms with Gasteiger partial charge in [-0.2, -0.15) is 10.2 Å². The van der Waals surface area contributed by atoms with Crippen molar-refractivity contribution in [3.05, 3.63) is 55.9 Å². The van der Waals surface area contributed by atoms with Crippen molar-refractivity contribution in [3.63, 3.8) is 0 Å². The summed E-state index contributed by atoms with van der Waals surface area (Å²) < 4.78 is 0. The van der Waals surface area contributed by atoms with E-state index in [1.807, 2.05) is 11.0 Å². The molecule has 0 radical (unpaired) electrons. The molecule has 148 valence electrons. The second-order valence-electron chi connectivity index (χ2n) is 7.09. The molecule has 0 bridgehead atoms. The highest BCUT2D eigenvalue weighted by Gasteiger charge is 2.43. The summed E-state index contributed by atoms with van der Waals surface area (Å²) in [4.78, 5) is 45.6. The van der Waals surface area contributed by atoms with E-state index in [1.165, 1.54) is 18.2 Å². The molecule has 0 unspecified atom stereocenters. The molecule has 2 aliphatic rings. The van der Waals surface area contributed by atoms with Crippen LogP contribution in [0.3, 0.4) is 0 Å². The maximum absolute atomic E-state index is 13.0. The van der Waals surface area contributed by atoms with E-state index in [-0.39, 0.29) is 22.6 Å². The lowest BCUT2D eigenvalue weighted by atomic mass is 9.78. The van der Waals surface area contributed by atoms with Crippen LogP contribution in [-0.2, 0) is 4.79 Å². The molecule has 0 spiro atoms. The molecule has 10 heteroatoms. The zero-order chi connectivity index (χ0) is 20.5. The Labute approximate surface area is 165 Å². The molecular formula is C19H18N6O4. The van der Waals surface area contributed by atoms with Gasteiger partial charge in [0.1, 0.15) is 11.7 Å². The first-order valence-electron chi connectivity index (χ1n) is 9.34. The van der Waals surface area contributed by atoms with Crippen LogP contribution in [0.25, 0.3) is 0 Å². The number of amides is 1. The van der Waals surface area contributed by atoms with Crippen LogP contribution >= 0.6 is 0 Å². The number of fused-ring (bicyclic) bond motifs is 1. The number of aromatic nitrogens is 2. The normalized spacial score (nSPS) is 21.1. The standard InChI is InChI=1S/C19H18N6O4/c20-10-12-14(11-6-2-3-7-13(11)25(28)29)15-16(21-17(12)26)22-19(23-18(15)27)24-8-4-1-5-9-24/h2-3,6-7,12,14H,1,4-5,8-9H2,(H2,21,22,23,26,27)/t12-,14+/m1/s1. The molecule has 3 heterocycles. The van der Waals surface area contributed by atoms with Gasteiger partial charge in [0.2, 0.25) is 11.9 Å². The fraction of sp³-hybridized carbons (Fsp3) is 0.368. The van der Waals surface area contributed by atoms with Gasteiger partial charge in [-0.3, -0.25) is 24.7 Å². The zero-order valence-corrected chi connectivity index (χ0v) is 15.4. The van der Waals surface area contributed by atoms with Crippen molar-refractivity contribution in [1.29, 1.82) is 5.26 Å². The van der Waals surface area contributed by atoms with Crippen molar-refractivity contribution in [2.24, 2.45) is 5.92 Å². The molecule has 10 nitrogen and oxygen atoms in total. The highest BCUT2D eigenvalue weighted by atomic mass is 16.6. The topological polar surface area (TPSA) is 145 Å². The number of hydrogen-bond donors (Lipinski definition) is 2. The zero-order valence-electron chi connectivity index (χ0n) is 15.4. The first-order valence-corrected chi connectivity index (χ1v) is 9.34. The van der Waals surface area contributed by atoms with Gasteiger partial charge < -0.3 is 10.2 Å². The Morgan fingerprint density at radius 2 is 1.93 bits per heavy atom. The lowest BCUT2D eigenvalue weighted by molar-refractivity contribution is -0.385. The van der Waals surface area contributed by atoms with Gasteiger partial charge in [-0.05, 0) is 19.3 Å². The Morgan fingerprint density at radius 1 is 1.21 bits per heavy atom. The number of rotatable bonds is 3. The van der Waals surface area contributed by atoms with Gasteiger partial charge in [0.25, 0.3) is 11.2 Å². The Hall–Kier alpha value is -3.74. The van der Waals surface area contributed by atoms with Crippen LogP contribution in [0.1, 0.15) is 36.3 Å². The quantitative estimate of drug-likeness (QED) is 0.597. The van der Waals surface area contributed by atoms with Crippen LogP contribution in [0.4, 0.5) is 17.5 Å². The van der Waals surface area contributed by atoms with Gasteiger partial charge in [-0.25, -0.2) is 0 Å². The minimum Gasteiger partial charge on any atom is -0.342 e. The van der Waals surface area contributed by atoms with E-state index in [9.17, 15) is 25.0 Å². The number of nitriles is 1. The number of nitrogens with zero attached hydrogens (tertiary/aromatic N) is 4. The number of nitro benzene ring substituents is 1. The number of benzene rings is 1. The maximum Gasteiger partial charge on any atom is 0.273 e. The van der Waals surface area contributed by atoms with Crippen molar-refractivity contribution in [2.45, 2.75) is 25.2 Å². The summed E-state index contributed by atoms with van der Waals surface area (Å²) in [6, 6.07) is 7.72. The van der Waals surface area contributed by atoms with Gasteiger partial charge in [-0.15, -0.1) is 0 Å². The van der Waals surface area contributed by atoms with Gasteiger partial charge in [0.15, 0.2) is 0 Å². The van der Waals surface area contributed by atoms with Gasteiger partial charge in [-0.1, -0.05) is 18.2 Å². The molecule has 1 saturated heterocycles. The number of piperidine rings is 1. The van der Waals surface area contributed by atoms with E-state index in [1.54, 1.807) is 6.07 Å². The summed E-state index contributed by atoms with van der Waals surface area (Å²) >= 11 is 0. The lowest BCUT2D eigenvalue weighted by Gasteiger charge is -2.31. The number of para-hydroxylation sites is 1. The number of carbonyl (C=O) groups is 1. The molecule has 2 aliphatic heterocycles. The fourth-order valence-electron chi connectivity index (χ4n) is 4.01. The third kappa shape index (κ3) is 3.20. The third-order valence-electron chi connectivity index (χ3n) is 5.37. The SMILES string of the molecule is N#C[C@H]1C(=O)Nc2nc(N3CCCCC3)[nH]c(=O)c2[C@H]1c1ccccc1[N+](=O)[O-]. The first kappa shape index (κ1) is 18.6. The Kier molecular flexibility index (Phi) is 4.72. The number of aromatic amines is 1. The van der Waals surface area contributed by atoms with E-state index in [2.05, 4.69) is 15.3 Å². The van der Waals surface area contributed by atoms with Gasteiger partial charge in [0.05, 0.1) is 16.6 Å². The van der Waals surface area contributed by atoms with Crippen LogP contribution in [0.15, 0.2) is 29.1 Å². The molecule has 0 aliphatic carbocycles. The summed E-state index contributed by atoms with van der Waals surface area (Å²) in [5.74, 6) is -2.60. The van der Waals surface area contributed by atoms with Crippen molar-refractivity contribution in [3.8, 4) is 6.07 Å². The Balaban J connectivity index is 1.90. The predicted octanol–water partition coefficient (Wildman–Crippen LogP) is 1.89. The number of H-pyrrole nitrogens is 1. The van der Waals surface area contributed by atoms with E-state index in [0.717, 1.165) is 32.4 Å². The average molecular weight is 394 g/mol. The van der Waals surface area contributed by atoms with E-state index in [0.29, 0.717) is 5.95 Å². The molecule has 2 atom stereocenters.